The van der Waals surface area contributed by atoms with Crippen LogP contribution in [-0.2, 0) is 0 Å². The topological polar surface area (TPSA) is 50.9 Å². The molecule has 2 rings (SSSR count). The molecule has 0 fully saturated rings. The fourth-order valence-corrected chi connectivity index (χ4v) is 2.09. The van der Waals surface area contributed by atoms with Crippen molar-refractivity contribution in [3.05, 3.63) is 30.1 Å². The van der Waals surface area contributed by atoms with E-state index in [-0.39, 0.29) is 0 Å². The molecule has 1 aromatic carbocycles. The van der Waals surface area contributed by atoms with E-state index < -0.39 is 0 Å². The van der Waals surface area contributed by atoms with Crippen LogP contribution in [0, 0.1) is 12.3 Å². The van der Waals surface area contributed by atoms with Crippen LogP contribution in [0.2, 0.25) is 0 Å². The van der Waals surface area contributed by atoms with Crippen LogP contribution >= 0.6 is 0 Å². The SMILES string of the molecule is Cc1cc2c(NCCC(C)(C)C)ccc(N)c2cn1. The van der Waals surface area contributed by atoms with E-state index in [1.807, 2.05) is 19.2 Å². The van der Waals surface area contributed by atoms with Gasteiger partial charge in [-0.15, -0.1) is 0 Å². The summed E-state index contributed by atoms with van der Waals surface area (Å²) in [5, 5.41) is 5.69. The lowest BCUT2D eigenvalue weighted by molar-refractivity contribution is 0.390. The Bertz CT molecular complexity index is 582. The molecule has 3 nitrogen and oxygen atoms in total. The van der Waals surface area contributed by atoms with Crippen LogP contribution in [-0.4, -0.2) is 11.5 Å². The summed E-state index contributed by atoms with van der Waals surface area (Å²) in [6, 6.07) is 6.09. The second-order valence-electron chi connectivity index (χ2n) is 6.31. The molecule has 0 saturated heterocycles. The van der Waals surface area contributed by atoms with Gasteiger partial charge in [0.1, 0.15) is 0 Å². The zero-order valence-corrected chi connectivity index (χ0v) is 12.2. The van der Waals surface area contributed by atoms with Gasteiger partial charge in [-0.2, -0.15) is 0 Å². The molecule has 19 heavy (non-hydrogen) atoms. The summed E-state index contributed by atoms with van der Waals surface area (Å²) in [5.74, 6) is 0. The van der Waals surface area contributed by atoms with Gasteiger partial charge in [0.2, 0.25) is 0 Å². The number of hydrogen-bond acceptors (Lipinski definition) is 3. The first-order valence-corrected chi connectivity index (χ1v) is 6.75. The summed E-state index contributed by atoms with van der Waals surface area (Å²) in [5.41, 5.74) is 9.28. The van der Waals surface area contributed by atoms with Crippen molar-refractivity contribution in [1.29, 1.82) is 0 Å². The van der Waals surface area contributed by atoms with Crippen molar-refractivity contribution >= 4 is 22.1 Å². The Morgan fingerprint density at radius 3 is 2.63 bits per heavy atom. The molecule has 0 aliphatic rings. The summed E-state index contributed by atoms with van der Waals surface area (Å²) < 4.78 is 0. The highest BCUT2D eigenvalue weighted by atomic mass is 14.9. The van der Waals surface area contributed by atoms with Gasteiger partial charge in [-0.25, -0.2) is 0 Å². The number of aryl methyl sites for hydroxylation is 1. The number of nitrogens with one attached hydrogen (secondary N) is 1. The highest BCUT2D eigenvalue weighted by Gasteiger charge is 2.10. The Balaban J connectivity index is 2.28. The molecule has 0 bridgehead atoms. The molecule has 0 radical (unpaired) electrons. The van der Waals surface area contributed by atoms with Crippen LogP contribution in [0.3, 0.4) is 0 Å². The van der Waals surface area contributed by atoms with E-state index in [1.165, 1.54) is 0 Å². The number of benzene rings is 1. The number of fused-ring (bicyclic) bond motifs is 1. The molecule has 0 saturated carbocycles. The van der Waals surface area contributed by atoms with Crippen LogP contribution in [0.5, 0.6) is 0 Å². The minimum absolute atomic E-state index is 0.341. The van der Waals surface area contributed by atoms with Crippen molar-refractivity contribution < 1.29 is 0 Å². The molecule has 0 atom stereocenters. The van der Waals surface area contributed by atoms with Crippen molar-refractivity contribution in [2.24, 2.45) is 5.41 Å². The first kappa shape index (κ1) is 13.7. The molecule has 0 aliphatic carbocycles. The van der Waals surface area contributed by atoms with Crippen molar-refractivity contribution in [3.63, 3.8) is 0 Å². The van der Waals surface area contributed by atoms with Crippen LogP contribution in [0.1, 0.15) is 32.9 Å². The second kappa shape index (κ2) is 5.08. The van der Waals surface area contributed by atoms with E-state index in [0.29, 0.717) is 5.41 Å². The third kappa shape index (κ3) is 3.37. The van der Waals surface area contributed by atoms with Gasteiger partial charge < -0.3 is 11.1 Å². The quantitative estimate of drug-likeness (QED) is 0.818. The van der Waals surface area contributed by atoms with E-state index in [2.05, 4.69) is 43.2 Å². The van der Waals surface area contributed by atoms with Gasteiger partial charge in [-0.05, 0) is 37.0 Å². The smallest absolute Gasteiger partial charge is 0.0422 e. The number of hydrogen-bond donors (Lipinski definition) is 2. The van der Waals surface area contributed by atoms with Crippen LogP contribution in [0.4, 0.5) is 11.4 Å². The predicted molar refractivity (Wildman–Crippen MR) is 83.5 cm³/mol. The van der Waals surface area contributed by atoms with Crippen LogP contribution < -0.4 is 11.1 Å². The van der Waals surface area contributed by atoms with Crippen molar-refractivity contribution in [2.75, 3.05) is 17.6 Å². The van der Waals surface area contributed by atoms with Gasteiger partial charge in [-0.3, -0.25) is 4.98 Å². The molecule has 1 aromatic heterocycles. The van der Waals surface area contributed by atoms with Gasteiger partial charge in [-0.1, -0.05) is 20.8 Å². The highest BCUT2D eigenvalue weighted by molar-refractivity contribution is 6.00. The number of rotatable bonds is 3. The summed E-state index contributed by atoms with van der Waals surface area (Å²) in [7, 11) is 0. The van der Waals surface area contributed by atoms with E-state index in [4.69, 9.17) is 5.73 Å². The van der Waals surface area contributed by atoms with Gasteiger partial charge in [0.25, 0.3) is 0 Å². The van der Waals surface area contributed by atoms with Gasteiger partial charge in [0.05, 0.1) is 0 Å². The molecule has 1 heterocycles. The molecule has 3 N–H and O–H groups in total. The summed E-state index contributed by atoms with van der Waals surface area (Å²) in [6.07, 6.45) is 2.98. The number of nitrogens with zero attached hydrogens (tertiary/aromatic N) is 1. The summed E-state index contributed by atoms with van der Waals surface area (Å²) >= 11 is 0. The zero-order valence-electron chi connectivity index (χ0n) is 12.2. The third-order valence-electron chi connectivity index (χ3n) is 3.26. The number of nitrogen functional groups attached to an aromatic ring is 1. The average Bonchev–Trinajstić information content (AvgIpc) is 2.30. The van der Waals surface area contributed by atoms with E-state index in [0.717, 1.165) is 40.8 Å². The molecule has 0 unspecified atom stereocenters. The summed E-state index contributed by atoms with van der Waals surface area (Å²) in [4.78, 5) is 4.32. The number of aromatic nitrogens is 1. The zero-order chi connectivity index (χ0) is 14.0. The molecule has 0 amide bonds. The summed E-state index contributed by atoms with van der Waals surface area (Å²) in [6.45, 7) is 9.73. The first-order valence-electron chi connectivity index (χ1n) is 6.75. The Kier molecular flexibility index (Phi) is 3.65. The largest absolute Gasteiger partial charge is 0.398 e. The normalized spacial score (nSPS) is 11.8. The third-order valence-corrected chi connectivity index (χ3v) is 3.26. The molecule has 3 heteroatoms. The lowest BCUT2D eigenvalue weighted by Gasteiger charge is -2.19. The molecular weight excluding hydrogens is 234 g/mol. The molecule has 0 aliphatic heterocycles. The standard InChI is InChI=1S/C16H23N3/c1-11-9-12-13(10-19-11)14(17)5-6-15(12)18-8-7-16(2,3)4/h5-6,9-10,18H,7-8,17H2,1-4H3. The predicted octanol–water partition coefficient (Wildman–Crippen LogP) is 3.97. The molecule has 2 aromatic rings. The monoisotopic (exact) mass is 257 g/mol. The molecular formula is C16H23N3. The van der Waals surface area contributed by atoms with Crippen molar-refractivity contribution in [3.8, 4) is 0 Å². The fraction of sp³-hybridized carbons (Fsp3) is 0.438. The minimum atomic E-state index is 0.341. The highest BCUT2D eigenvalue weighted by Crippen LogP contribution is 2.29. The minimum Gasteiger partial charge on any atom is -0.398 e. The van der Waals surface area contributed by atoms with Gasteiger partial charge in [0, 0.05) is 40.6 Å². The maximum Gasteiger partial charge on any atom is 0.0422 e. The van der Waals surface area contributed by atoms with Crippen molar-refractivity contribution in [2.45, 2.75) is 34.1 Å². The van der Waals surface area contributed by atoms with E-state index >= 15 is 0 Å². The van der Waals surface area contributed by atoms with Crippen LogP contribution in [0.25, 0.3) is 10.8 Å². The maximum absolute atomic E-state index is 6.01. The van der Waals surface area contributed by atoms with Gasteiger partial charge in [0.15, 0.2) is 0 Å². The van der Waals surface area contributed by atoms with E-state index in [9.17, 15) is 0 Å². The molecule has 0 spiro atoms. The fourth-order valence-electron chi connectivity index (χ4n) is 2.09. The molecule has 102 valence electrons. The average molecular weight is 257 g/mol. The lowest BCUT2D eigenvalue weighted by Crippen LogP contribution is -2.13. The van der Waals surface area contributed by atoms with Crippen molar-refractivity contribution in [1.82, 2.24) is 4.98 Å². The van der Waals surface area contributed by atoms with E-state index in [1.54, 1.807) is 0 Å². The number of pyridine rings is 1. The Morgan fingerprint density at radius 1 is 1.21 bits per heavy atom. The number of anilines is 2. The Morgan fingerprint density at radius 2 is 1.95 bits per heavy atom. The maximum atomic E-state index is 6.01. The number of nitrogens with two attached hydrogens (primary N) is 1. The second-order valence-corrected chi connectivity index (χ2v) is 6.31. The first-order chi connectivity index (χ1) is 8.87. The van der Waals surface area contributed by atoms with Gasteiger partial charge >= 0.3 is 0 Å². The Labute approximate surface area is 115 Å². The Hall–Kier alpha value is -1.77. The van der Waals surface area contributed by atoms with Crippen LogP contribution in [0.15, 0.2) is 24.4 Å². The lowest BCUT2D eigenvalue weighted by atomic mass is 9.92.